The van der Waals surface area contributed by atoms with E-state index in [0.717, 1.165) is 18.7 Å². The first-order chi connectivity index (χ1) is 10.2. The van der Waals surface area contributed by atoms with Crippen molar-refractivity contribution in [3.05, 3.63) is 51.7 Å². The molecule has 0 bridgehead atoms. The quantitative estimate of drug-likeness (QED) is 0.919. The molecule has 1 aliphatic carbocycles. The number of likely N-dealkylation sites (N-methyl/N-ethyl adjacent to an activating group) is 1. The summed E-state index contributed by atoms with van der Waals surface area (Å²) in [6, 6.07) is 8.38. The maximum absolute atomic E-state index is 12.1. The van der Waals surface area contributed by atoms with Crippen LogP contribution in [0.15, 0.2) is 35.0 Å². The first kappa shape index (κ1) is 14.3. The SMILES string of the molecule is CN(CC(=O)Nc1ccc2c(c1)CCC2)Cc1ccsc1. The minimum Gasteiger partial charge on any atom is -0.325 e. The van der Waals surface area contributed by atoms with Crippen LogP contribution in [-0.2, 0) is 24.2 Å². The Bertz CT molecular complexity index is 622. The normalized spacial score (nSPS) is 13.4. The van der Waals surface area contributed by atoms with Gasteiger partial charge in [-0.25, -0.2) is 0 Å². The molecule has 1 aromatic carbocycles. The fourth-order valence-electron chi connectivity index (χ4n) is 2.85. The van der Waals surface area contributed by atoms with Gasteiger partial charge in [0.15, 0.2) is 0 Å². The highest BCUT2D eigenvalue weighted by molar-refractivity contribution is 7.07. The summed E-state index contributed by atoms with van der Waals surface area (Å²) >= 11 is 1.69. The summed E-state index contributed by atoms with van der Waals surface area (Å²) in [6.45, 7) is 1.22. The summed E-state index contributed by atoms with van der Waals surface area (Å²) in [7, 11) is 1.97. The summed E-state index contributed by atoms with van der Waals surface area (Å²) in [5, 5.41) is 7.19. The summed E-state index contributed by atoms with van der Waals surface area (Å²) in [5.74, 6) is 0.0469. The summed E-state index contributed by atoms with van der Waals surface area (Å²) in [5.41, 5.74) is 5.00. The van der Waals surface area contributed by atoms with Gasteiger partial charge < -0.3 is 5.32 Å². The Labute approximate surface area is 129 Å². The Morgan fingerprint density at radius 1 is 1.29 bits per heavy atom. The van der Waals surface area contributed by atoms with E-state index in [-0.39, 0.29) is 5.91 Å². The molecule has 1 aliphatic rings. The van der Waals surface area contributed by atoms with E-state index in [2.05, 4.69) is 34.3 Å². The first-order valence-corrected chi connectivity index (χ1v) is 8.26. The fourth-order valence-corrected chi connectivity index (χ4v) is 3.51. The maximum Gasteiger partial charge on any atom is 0.238 e. The lowest BCUT2D eigenvalue weighted by Crippen LogP contribution is -2.29. The van der Waals surface area contributed by atoms with Gasteiger partial charge in [0.25, 0.3) is 0 Å². The molecule has 3 nitrogen and oxygen atoms in total. The van der Waals surface area contributed by atoms with E-state index in [0.29, 0.717) is 6.54 Å². The Balaban J connectivity index is 1.54. The minimum atomic E-state index is 0.0469. The van der Waals surface area contributed by atoms with E-state index in [1.165, 1.54) is 29.5 Å². The smallest absolute Gasteiger partial charge is 0.238 e. The number of carbonyl (C=O) groups excluding carboxylic acids is 1. The standard InChI is InChI=1S/C17H20N2OS/c1-19(10-13-7-8-21-12-13)11-17(20)18-16-6-5-14-3-2-4-15(14)9-16/h5-9,12H,2-4,10-11H2,1H3,(H,18,20). The largest absolute Gasteiger partial charge is 0.325 e. The lowest BCUT2D eigenvalue weighted by Gasteiger charge is -2.15. The Kier molecular flexibility index (Phi) is 4.36. The second kappa shape index (κ2) is 6.41. The van der Waals surface area contributed by atoms with Crippen LogP contribution in [0.25, 0.3) is 0 Å². The number of aryl methyl sites for hydroxylation is 2. The number of nitrogens with one attached hydrogen (secondary N) is 1. The third-order valence-electron chi connectivity index (χ3n) is 3.83. The number of fused-ring (bicyclic) bond motifs is 1. The van der Waals surface area contributed by atoms with E-state index in [4.69, 9.17) is 0 Å². The van der Waals surface area contributed by atoms with E-state index >= 15 is 0 Å². The molecule has 3 rings (SSSR count). The molecule has 4 heteroatoms. The third kappa shape index (κ3) is 3.71. The van der Waals surface area contributed by atoms with Crippen molar-refractivity contribution >= 4 is 22.9 Å². The van der Waals surface area contributed by atoms with Gasteiger partial charge in [0.1, 0.15) is 0 Å². The average molecular weight is 300 g/mol. The van der Waals surface area contributed by atoms with Crippen LogP contribution in [0.5, 0.6) is 0 Å². The molecule has 0 saturated heterocycles. The van der Waals surface area contributed by atoms with E-state index in [9.17, 15) is 4.79 Å². The molecule has 1 heterocycles. The zero-order valence-corrected chi connectivity index (χ0v) is 13.1. The van der Waals surface area contributed by atoms with Crippen LogP contribution in [0.3, 0.4) is 0 Å². The molecule has 0 atom stereocenters. The van der Waals surface area contributed by atoms with Crippen molar-refractivity contribution in [3.63, 3.8) is 0 Å². The molecule has 1 aromatic heterocycles. The number of nitrogens with zero attached hydrogens (tertiary/aromatic N) is 1. The van der Waals surface area contributed by atoms with Crippen molar-refractivity contribution in [1.82, 2.24) is 4.90 Å². The zero-order valence-electron chi connectivity index (χ0n) is 12.3. The highest BCUT2D eigenvalue weighted by Gasteiger charge is 2.12. The van der Waals surface area contributed by atoms with Gasteiger partial charge in [0, 0.05) is 12.2 Å². The second-order valence-electron chi connectivity index (χ2n) is 5.69. The minimum absolute atomic E-state index is 0.0469. The van der Waals surface area contributed by atoms with Crippen LogP contribution in [0.4, 0.5) is 5.69 Å². The van der Waals surface area contributed by atoms with Gasteiger partial charge in [0.2, 0.25) is 5.91 Å². The lowest BCUT2D eigenvalue weighted by atomic mass is 10.1. The van der Waals surface area contributed by atoms with Crippen LogP contribution in [0.1, 0.15) is 23.1 Å². The number of thiophene rings is 1. The molecule has 0 aliphatic heterocycles. The summed E-state index contributed by atoms with van der Waals surface area (Å²) < 4.78 is 0. The summed E-state index contributed by atoms with van der Waals surface area (Å²) in [4.78, 5) is 14.1. The van der Waals surface area contributed by atoms with Crippen molar-refractivity contribution in [2.24, 2.45) is 0 Å². The Morgan fingerprint density at radius 3 is 2.95 bits per heavy atom. The molecular weight excluding hydrogens is 280 g/mol. The number of anilines is 1. The molecule has 0 unspecified atom stereocenters. The molecule has 1 amide bonds. The van der Waals surface area contributed by atoms with Crippen molar-refractivity contribution in [3.8, 4) is 0 Å². The molecule has 1 N–H and O–H groups in total. The van der Waals surface area contributed by atoms with E-state index < -0.39 is 0 Å². The molecule has 0 saturated carbocycles. The maximum atomic E-state index is 12.1. The van der Waals surface area contributed by atoms with Gasteiger partial charge >= 0.3 is 0 Å². The molecule has 21 heavy (non-hydrogen) atoms. The number of benzene rings is 1. The molecule has 2 aromatic rings. The van der Waals surface area contributed by atoms with E-state index in [1.54, 1.807) is 11.3 Å². The molecule has 0 fully saturated rings. The van der Waals surface area contributed by atoms with Gasteiger partial charge in [-0.15, -0.1) is 0 Å². The van der Waals surface area contributed by atoms with Gasteiger partial charge in [-0.05, 0) is 72.0 Å². The predicted molar refractivity (Wildman–Crippen MR) is 87.7 cm³/mol. The van der Waals surface area contributed by atoms with Crippen molar-refractivity contribution in [2.75, 3.05) is 18.9 Å². The highest BCUT2D eigenvalue weighted by Crippen LogP contribution is 2.24. The Hall–Kier alpha value is -1.65. The lowest BCUT2D eigenvalue weighted by molar-refractivity contribution is -0.117. The van der Waals surface area contributed by atoms with Crippen LogP contribution < -0.4 is 5.32 Å². The van der Waals surface area contributed by atoms with Crippen LogP contribution in [-0.4, -0.2) is 24.4 Å². The summed E-state index contributed by atoms with van der Waals surface area (Å²) in [6.07, 6.45) is 3.54. The number of carbonyl (C=O) groups is 1. The Morgan fingerprint density at radius 2 is 2.14 bits per heavy atom. The number of amides is 1. The number of rotatable bonds is 5. The predicted octanol–water partition coefficient (Wildman–Crippen LogP) is 3.31. The van der Waals surface area contributed by atoms with Crippen molar-refractivity contribution in [1.29, 1.82) is 0 Å². The van der Waals surface area contributed by atoms with Crippen LogP contribution >= 0.6 is 11.3 Å². The van der Waals surface area contributed by atoms with Gasteiger partial charge in [-0.3, -0.25) is 9.69 Å². The number of hydrogen-bond acceptors (Lipinski definition) is 3. The van der Waals surface area contributed by atoms with Gasteiger partial charge in [-0.2, -0.15) is 11.3 Å². The van der Waals surface area contributed by atoms with Crippen LogP contribution in [0, 0.1) is 0 Å². The fraction of sp³-hybridized carbons (Fsp3) is 0.353. The molecule has 110 valence electrons. The number of hydrogen-bond donors (Lipinski definition) is 1. The monoisotopic (exact) mass is 300 g/mol. The topological polar surface area (TPSA) is 32.3 Å². The first-order valence-electron chi connectivity index (χ1n) is 7.32. The van der Waals surface area contributed by atoms with Gasteiger partial charge in [-0.1, -0.05) is 6.07 Å². The van der Waals surface area contributed by atoms with Crippen LogP contribution in [0.2, 0.25) is 0 Å². The third-order valence-corrected chi connectivity index (χ3v) is 4.56. The van der Waals surface area contributed by atoms with Crippen molar-refractivity contribution < 1.29 is 4.79 Å². The van der Waals surface area contributed by atoms with Crippen molar-refractivity contribution in [2.45, 2.75) is 25.8 Å². The van der Waals surface area contributed by atoms with E-state index in [1.807, 2.05) is 18.0 Å². The second-order valence-corrected chi connectivity index (χ2v) is 6.47. The average Bonchev–Trinajstić information content (AvgIpc) is 3.08. The highest BCUT2D eigenvalue weighted by atomic mass is 32.1. The zero-order chi connectivity index (χ0) is 14.7. The molecular formula is C17H20N2OS. The molecule has 0 spiro atoms. The van der Waals surface area contributed by atoms with Gasteiger partial charge in [0.05, 0.1) is 6.54 Å². The molecule has 0 radical (unpaired) electrons.